The van der Waals surface area contributed by atoms with Gasteiger partial charge in [-0.2, -0.15) is 8.42 Å². The van der Waals surface area contributed by atoms with E-state index in [4.69, 9.17) is 4.55 Å². The first-order valence-electron chi connectivity index (χ1n) is 9.01. The van der Waals surface area contributed by atoms with Crippen molar-refractivity contribution < 1.29 is 13.0 Å². The van der Waals surface area contributed by atoms with E-state index in [1.807, 2.05) is 0 Å². The van der Waals surface area contributed by atoms with E-state index >= 15 is 0 Å². The molecule has 0 aromatic rings. The minimum Gasteiger partial charge on any atom is -0.291 e. The second kappa shape index (κ2) is 9.24. The van der Waals surface area contributed by atoms with Gasteiger partial charge in [0.25, 0.3) is 10.1 Å². The lowest BCUT2D eigenvalue weighted by Gasteiger charge is -2.06. The van der Waals surface area contributed by atoms with Crippen LogP contribution in [0.3, 0.4) is 0 Å². The van der Waals surface area contributed by atoms with Crippen LogP contribution in [0.1, 0.15) is 85.0 Å². The number of hydrogen-bond donors (Lipinski definition) is 1. The van der Waals surface area contributed by atoms with Gasteiger partial charge in [-0.25, -0.2) is 0 Å². The molecule has 0 saturated carbocycles. The van der Waals surface area contributed by atoms with Gasteiger partial charge in [-0.05, 0) is 26.8 Å². The van der Waals surface area contributed by atoms with E-state index in [1.165, 1.54) is 57.8 Å². The third-order valence-electron chi connectivity index (χ3n) is 4.99. The summed E-state index contributed by atoms with van der Waals surface area (Å²) < 4.78 is 30.9. The average Bonchev–Trinajstić information content (AvgIpc) is 2.90. The smallest absolute Gasteiger partial charge is 0.266 e. The number of hydrogen-bond acceptors (Lipinski definition) is 3. The van der Waals surface area contributed by atoms with E-state index in [-0.39, 0.29) is 17.3 Å². The minimum atomic E-state index is -3.86. The SMILES string of the molecule is CCCCCCCCCCCCN1C(CS(=O)(=O)O)C1(C)C. The molecule has 132 valence electrons. The lowest BCUT2D eigenvalue weighted by molar-refractivity contribution is 0.413. The molecule has 22 heavy (non-hydrogen) atoms. The van der Waals surface area contributed by atoms with E-state index < -0.39 is 10.1 Å². The van der Waals surface area contributed by atoms with Crippen LogP contribution in [0.25, 0.3) is 0 Å². The van der Waals surface area contributed by atoms with E-state index in [0.29, 0.717) is 0 Å². The summed E-state index contributed by atoms with van der Waals surface area (Å²) in [4.78, 5) is 2.20. The van der Waals surface area contributed by atoms with Gasteiger partial charge in [-0.15, -0.1) is 0 Å². The zero-order valence-electron chi connectivity index (χ0n) is 14.7. The van der Waals surface area contributed by atoms with Gasteiger partial charge in [0, 0.05) is 11.6 Å². The topological polar surface area (TPSA) is 57.4 Å². The van der Waals surface area contributed by atoms with Gasteiger partial charge in [-0.1, -0.05) is 64.7 Å². The lowest BCUT2D eigenvalue weighted by Crippen LogP contribution is -2.15. The van der Waals surface area contributed by atoms with Gasteiger partial charge in [0.15, 0.2) is 0 Å². The fourth-order valence-electron chi connectivity index (χ4n) is 3.36. The van der Waals surface area contributed by atoms with Gasteiger partial charge in [0.05, 0.1) is 5.75 Å². The van der Waals surface area contributed by atoms with Crippen LogP contribution in [0.2, 0.25) is 0 Å². The zero-order valence-corrected chi connectivity index (χ0v) is 15.5. The maximum absolute atomic E-state index is 11.0. The third-order valence-corrected chi connectivity index (χ3v) is 5.72. The quantitative estimate of drug-likeness (QED) is 0.311. The lowest BCUT2D eigenvalue weighted by atomic mass is 10.1. The second-order valence-electron chi connectivity index (χ2n) is 7.29. The molecule has 1 heterocycles. The van der Waals surface area contributed by atoms with Crippen molar-refractivity contribution in [1.29, 1.82) is 0 Å². The normalized spacial score (nSPS) is 23.6. The number of unbranched alkanes of at least 4 members (excludes halogenated alkanes) is 9. The van der Waals surface area contributed by atoms with E-state index in [9.17, 15) is 8.42 Å². The van der Waals surface area contributed by atoms with Crippen LogP contribution in [-0.4, -0.2) is 41.7 Å². The van der Waals surface area contributed by atoms with Crippen LogP contribution >= 0.6 is 0 Å². The molecule has 1 N–H and O–H groups in total. The fraction of sp³-hybridized carbons (Fsp3) is 1.00. The molecule has 4 nitrogen and oxygen atoms in total. The molecule has 1 rings (SSSR count). The highest BCUT2D eigenvalue weighted by Gasteiger charge is 2.55. The molecular formula is C17H35NO3S. The second-order valence-corrected chi connectivity index (χ2v) is 8.79. The monoisotopic (exact) mass is 333 g/mol. The predicted molar refractivity (Wildman–Crippen MR) is 92.8 cm³/mol. The Morgan fingerprint density at radius 3 is 1.82 bits per heavy atom. The van der Waals surface area contributed by atoms with Crippen molar-refractivity contribution in [2.75, 3.05) is 12.3 Å². The van der Waals surface area contributed by atoms with Crippen LogP contribution in [0.5, 0.6) is 0 Å². The van der Waals surface area contributed by atoms with E-state index in [1.54, 1.807) is 0 Å². The summed E-state index contributed by atoms with van der Waals surface area (Å²) in [5.74, 6) is -0.127. The largest absolute Gasteiger partial charge is 0.291 e. The van der Waals surface area contributed by atoms with Crippen LogP contribution in [0.15, 0.2) is 0 Å². The Balaban J connectivity index is 1.99. The van der Waals surface area contributed by atoms with E-state index in [0.717, 1.165) is 13.0 Å². The maximum atomic E-state index is 11.0. The van der Waals surface area contributed by atoms with Gasteiger partial charge >= 0.3 is 0 Å². The molecule has 5 heteroatoms. The van der Waals surface area contributed by atoms with Gasteiger partial charge in [-0.3, -0.25) is 9.45 Å². The minimum absolute atomic E-state index is 0.0129. The van der Waals surface area contributed by atoms with Crippen molar-refractivity contribution in [2.45, 2.75) is 96.6 Å². The first-order valence-corrected chi connectivity index (χ1v) is 10.6. The Hall–Kier alpha value is -0.130. The van der Waals surface area contributed by atoms with Crippen molar-refractivity contribution >= 4 is 10.1 Å². The summed E-state index contributed by atoms with van der Waals surface area (Å²) >= 11 is 0. The number of nitrogens with zero attached hydrogens (tertiary/aromatic N) is 1. The molecule has 0 bridgehead atoms. The molecule has 2 unspecified atom stereocenters. The van der Waals surface area contributed by atoms with Crippen molar-refractivity contribution in [1.82, 2.24) is 4.90 Å². The predicted octanol–water partition coefficient (Wildman–Crippen LogP) is 4.26. The first kappa shape index (κ1) is 19.9. The third kappa shape index (κ3) is 7.42. The van der Waals surface area contributed by atoms with Crippen molar-refractivity contribution in [3.05, 3.63) is 0 Å². The van der Waals surface area contributed by atoms with Gasteiger partial charge in [0.2, 0.25) is 0 Å². The molecular weight excluding hydrogens is 298 g/mol. The Kier molecular flexibility index (Phi) is 8.36. The highest BCUT2D eigenvalue weighted by atomic mass is 32.2. The molecule has 1 aliphatic heterocycles. The van der Waals surface area contributed by atoms with Crippen molar-refractivity contribution in [2.24, 2.45) is 0 Å². The Morgan fingerprint density at radius 1 is 0.909 bits per heavy atom. The molecule has 1 fully saturated rings. The molecule has 0 aromatic heterocycles. The molecule has 2 atom stereocenters. The molecule has 1 saturated heterocycles. The van der Waals surface area contributed by atoms with Gasteiger partial charge in [0.1, 0.15) is 0 Å². The van der Waals surface area contributed by atoms with Crippen molar-refractivity contribution in [3.63, 3.8) is 0 Å². The molecule has 1 aliphatic rings. The summed E-state index contributed by atoms with van der Waals surface area (Å²) in [6.07, 6.45) is 13.1. The molecule has 0 aliphatic carbocycles. The van der Waals surface area contributed by atoms with Gasteiger partial charge < -0.3 is 0 Å². The number of rotatable bonds is 13. The summed E-state index contributed by atoms with van der Waals surface area (Å²) in [5.41, 5.74) is -0.0743. The summed E-state index contributed by atoms with van der Waals surface area (Å²) in [5, 5.41) is 0. The Labute approximate surface area is 137 Å². The summed E-state index contributed by atoms with van der Waals surface area (Å²) in [6.45, 7) is 7.31. The van der Waals surface area contributed by atoms with Crippen LogP contribution in [-0.2, 0) is 10.1 Å². The van der Waals surface area contributed by atoms with Crippen LogP contribution < -0.4 is 0 Å². The molecule has 0 spiro atoms. The van der Waals surface area contributed by atoms with Crippen LogP contribution in [0.4, 0.5) is 0 Å². The molecule has 0 radical (unpaired) electrons. The molecule has 0 aromatic carbocycles. The highest BCUT2D eigenvalue weighted by Crippen LogP contribution is 2.41. The average molecular weight is 334 g/mol. The highest BCUT2D eigenvalue weighted by molar-refractivity contribution is 7.85. The Bertz CT molecular complexity index is 406. The standard InChI is InChI=1S/C17H35NO3S/c1-4-5-6-7-8-9-10-11-12-13-14-18-16(17(18,2)3)15-22(19,20)21/h16H,4-15H2,1-3H3,(H,19,20,21). The fourth-order valence-corrected chi connectivity index (χ4v) is 4.35. The maximum Gasteiger partial charge on any atom is 0.266 e. The summed E-state index contributed by atoms with van der Waals surface area (Å²) in [6, 6.07) is -0.0129. The Morgan fingerprint density at radius 2 is 1.36 bits per heavy atom. The molecule has 0 amide bonds. The first-order chi connectivity index (χ1) is 10.3. The van der Waals surface area contributed by atoms with E-state index in [2.05, 4.69) is 25.7 Å². The van der Waals surface area contributed by atoms with Crippen LogP contribution in [0, 0.1) is 0 Å². The summed E-state index contributed by atoms with van der Waals surface area (Å²) in [7, 11) is -3.86. The van der Waals surface area contributed by atoms with Crippen molar-refractivity contribution in [3.8, 4) is 0 Å². The zero-order chi connectivity index (χ0) is 16.6.